The molecule has 0 bridgehead atoms. The number of hydrogen-bond donors (Lipinski definition) is 3. The number of aryl methyl sites for hydroxylation is 1. The van der Waals surface area contributed by atoms with Crippen molar-refractivity contribution in [1.82, 2.24) is 20.9 Å². The fourth-order valence-electron chi connectivity index (χ4n) is 4.06. The van der Waals surface area contributed by atoms with Crippen LogP contribution in [0.5, 0.6) is 0 Å². The Labute approximate surface area is 166 Å². The van der Waals surface area contributed by atoms with Crippen LogP contribution in [0.2, 0.25) is 0 Å². The van der Waals surface area contributed by atoms with Gasteiger partial charge in [-0.1, -0.05) is 24.3 Å². The van der Waals surface area contributed by atoms with Crippen molar-refractivity contribution in [2.24, 2.45) is 0 Å². The van der Waals surface area contributed by atoms with Crippen molar-refractivity contribution in [3.05, 3.63) is 35.4 Å². The van der Waals surface area contributed by atoms with Crippen molar-refractivity contribution >= 4 is 17.7 Å². The van der Waals surface area contributed by atoms with Crippen LogP contribution in [0.1, 0.15) is 50.3 Å². The molecule has 7 heteroatoms. The van der Waals surface area contributed by atoms with Gasteiger partial charge in [-0.3, -0.25) is 14.4 Å². The van der Waals surface area contributed by atoms with Crippen molar-refractivity contribution in [1.29, 1.82) is 0 Å². The highest BCUT2D eigenvalue weighted by Gasteiger charge is 2.37. The molecule has 1 aromatic carbocycles. The predicted molar refractivity (Wildman–Crippen MR) is 107 cm³/mol. The molecule has 0 spiro atoms. The first-order valence-corrected chi connectivity index (χ1v) is 10.1. The number of likely N-dealkylation sites (tertiary alicyclic amines) is 1. The van der Waals surface area contributed by atoms with E-state index in [1.54, 1.807) is 25.8 Å². The largest absolute Gasteiger partial charge is 0.347 e. The minimum Gasteiger partial charge on any atom is -0.347 e. The van der Waals surface area contributed by atoms with Crippen molar-refractivity contribution in [3.63, 3.8) is 0 Å². The van der Waals surface area contributed by atoms with Crippen molar-refractivity contribution in [2.75, 3.05) is 13.6 Å². The van der Waals surface area contributed by atoms with Gasteiger partial charge in [0.25, 0.3) is 0 Å². The monoisotopic (exact) mass is 386 g/mol. The third kappa shape index (κ3) is 4.19. The van der Waals surface area contributed by atoms with Gasteiger partial charge in [0.15, 0.2) is 0 Å². The summed E-state index contributed by atoms with van der Waals surface area (Å²) in [7, 11) is 1.69. The minimum atomic E-state index is -0.663. The highest BCUT2D eigenvalue weighted by molar-refractivity contribution is 5.93. The molecule has 1 fully saturated rings. The zero-order valence-electron chi connectivity index (χ0n) is 16.8. The van der Waals surface area contributed by atoms with Crippen LogP contribution in [-0.4, -0.2) is 54.3 Å². The second kappa shape index (κ2) is 8.73. The fourth-order valence-corrected chi connectivity index (χ4v) is 4.06. The summed E-state index contributed by atoms with van der Waals surface area (Å²) in [4.78, 5) is 39.4. The number of likely N-dealkylation sites (N-methyl/N-ethyl adjacent to an activating group) is 1. The van der Waals surface area contributed by atoms with Crippen LogP contribution in [-0.2, 0) is 20.8 Å². The zero-order chi connectivity index (χ0) is 20.3. The molecule has 7 nitrogen and oxygen atoms in total. The SMILES string of the molecule is CN[C@@H](C)C(=O)N[C@@H](C)C(=O)N1CCCC1C(=O)NC1CCc2ccccc21. The number of benzene rings is 1. The van der Waals surface area contributed by atoms with Crippen LogP contribution in [0.4, 0.5) is 0 Å². The molecule has 3 N–H and O–H groups in total. The van der Waals surface area contributed by atoms with Crippen LogP contribution < -0.4 is 16.0 Å². The Morgan fingerprint density at radius 1 is 1.11 bits per heavy atom. The lowest BCUT2D eigenvalue weighted by Gasteiger charge is -2.28. The molecular formula is C21H30N4O3. The maximum atomic E-state index is 12.9. The highest BCUT2D eigenvalue weighted by Crippen LogP contribution is 2.31. The number of carbonyl (C=O) groups excluding carboxylic acids is 3. The number of hydrogen-bond acceptors (Lipinski definition) is 4. The van der Waals surface area contributed by atoms with E-state index in [1.165, 1.54) is 11.1 Å². The molecule has 28 heavy (non-hydrogen) atoms. The highest BCUT2D eigenvalue weighted by atomic mass is 16.2. The molecule has 1 saturated heterocycles. The molecular weight excluding hydrogens is 356 g/mol. The summed E-state index contributed by atoms with van der Waals surface area (Å²) in [6.07, 6.45) is 3.29. The molecule has 1 aromatic rings. The molecule has 4 atom stereocenters. The van der Waals surface area contributed by atoms with E-state index in [4.69, 9.17) is 0 Å². The second-order valence-electron chi connectivity index (χ2n) is 7.73. The smallest absolute Gasteiger partial charge is 0.245 e. The van der Waals surface area contributed by atoms with E-state index >= 15 is 0 Å². The summed E-state index contributed by atoms with van der Waals surface area (Å²) in [5.74, 6) is -0.540. The average molecular weight is 386 g/mol. The third-order valence-electron chi connectivity index (χ3n) is 5.84. The average Bonchev–Trinajstić information content (AvgIpc) is 3.34. The first-order chi connectivity index (χ1) is 13.4. The summed E-state index contributed by atoms with van der Waals surface area (Å²) in [6.45, 7) is 3.95. The summed E-state index contributed by atoms with van der Waals surface area (Å²) < 4.78 is 0. The Hall–Kier alpha value is -2.41. The van der Waals surface area contributed by atoms with E-state index in [1.807, 2.05) is 12.1 Å². The Kier molecular flexibility index (Phi) is 6.34. The van der Waals surface area contributed by atoms with E-state index in [0.717, 1.165) is 19.3 Å². The van der Waals surface area contributed by atoms with Gasteiger partial charge in [0.1, 0.15) is 12.1 Å². The van der Waals surface area contributed by atoms with Crippen LogP contribution in [0.25, 0.3) is 0 Å². The van der Waals surface area contributed by atoms with Crippen molar-refractivity contribution in [3.8, 4) is 0 Å². The van der Waals surface area contributed by atoms with Crippen LogP contribution in [0.3, 0.4) is 0 Å². The van der Waals surface area contributed by atoms with Crippen LogP contribution in [0.15, 0.2) is 24.3 Å². The van der Waals surface area contributed by atoms with E-state index in [2.05, 4.69) is 28.1 Å². The number of rotatable bonds is 6. The van der Waals surface area contributed by atoms with E-state index < -0.39 is 12.1 Å². The van der Waals surface area contributed by atoms with Crippen LogP contribution in [0, 0.1) is 0 Å². The predicted octanol–water partition coefficient (Wildman–Crippen LogP) is 0.894. The molecule has 2 aliphatic rings. The summed E-state index contributed by atoms with van der Waals surface area (Å²) in [6, 6.07) is 6.67. The molecule has 0 aromatic heterocycles. The maximum absolute atomic E-state index is 12.9. The fraction of sp³-hybridized carbons (Fsp3) is 0.571. The number of carbonyl (C=O) groups is 3. The van der Waals surface area contributed by atoms with E-state index in [-0.39, 0.29) is 29.8 Å². The Balaban J connectivity index is 1.61. The minimum absolute atomic E-state index is 0.00913. The van der Waals surface area contributed by atoms with Crippen LogP contribution >= 0.6 is 0 Å². The number of fused-ring (bicyclic) bond motifs is 1. The van der Waals surface area contributed by atoms with E-state index in [9.17, 15) is 14.4 Å². The first kappa shape index (κ1) is 20.3. The van der Waals surface area contributed by atoms with Gasteiger partial charge < -0.3 is 20.9 Å². The molecule has 152 valence electrons. The van der Waals surface area contributed by atoms with Gasteiger partial charge in [-0.2, -0.15) is 0 Å². The van der Waals surface area contributed by atoms with Gasteiger partial charge in [0, 0.05) is 6.54 Å². The van der Waals surface area contributed by atoms with Gasteiger partial charge >= 0.3 is 0 Å². The Morgan fingerprint density at radius 3 is 2.61 bits per heavy atom. The molecule has 1 aliphatic heterocycles. The normalized spacial score (nSPS) is 23.0. The standard InChI is InChI=1S/C21H30N4O3/c1-13(22-3)19(26)23-14(2)21(28)25-12-6-9-18(25)20(27)24-17-11-10-15-7-4-5-8-16(15)17/h4-5,7-8,13-14,17-18,22H,6,9-12H2,1-3H3,(H,23,26)(H,24,27)/t13-,14-,17?,18?/m0/s1. The molecule has 3 amide bonds. The Morgan fingerprint density at radius 2 is 1.86 bits per heavy atom. The lowest BCUT2D eigenvalue weighted by molar-refractivity contribution is -0.141. The number of nitrogens with one attached hydrogen (secondary N) is 3. The van der Waals surface area contributed by atoms with Gasteiger partial charge in [-0.15, -0.1) is 0 Å². The summed E-state index contributed by atoms with van der Waals surface area (Å²) in [5.41, 5.74) is 2.45. The Bertz CT molecular complexity index is 751. The quantitative estimate of drug-likeness (QED) is 0.677. The topological polar surface area (TPSA) is 90.5 Å². The summed E-state index contributed by atoms with van der Waals surface area (Å²) >= 11 is 0. The van der Waals surface area contributed by atoms with Gasteiger partial charge in [-0.25, -0.2) is 0 Å². The number of amides is 3. The molecule has 0 saturated carbocycles. The van der Waals surface area contributed by atoms with Gasteiger partial charge in [0.2, 0.25) is 17.7 Å². The number of nitrogens with zero attached hydrogens (tertiary/aromatic N) is 1. The van der Waals surface area contributed by atoms with Gasteiger partial charge in [-0.05, 0) is 57.7 Å². The third-order valence-corrected chi connectivity index (χ3v) is 5.84. The van der Waals surface area contributed by atoms with Crippen molar-refractivity contribution in [2.45, 2.75) is 63.7 Å². The summed E-state index contributed by atoms with van der Waals surface area (Å²) in [5, 5.41) is 8.72. The second-order valence-corrected chi connectivity index (χ2v) is 7.73. The molecule has 0 radical (unpaired) electrons. The first-order valence-electron chi connectivity index (χ1n) is 10.1. The maximum Gasteiger partial charge on any atom is 0.245 e. The molecule has 1 aliphatic carbocycles. The lowest BCUT2D eigenvalue weighted by Crippen LogP contribution is -2.54. The molecule has 3 rings (SSSR count). The van der Waals surface area contributed by atoms with Crippen molar-refractivity contribution < 1.29 is 14.4 Å². The van der Waals surface area contributed by atoms with E-state index in [0.29, 0.717) is 13.0 Å². The molecule has 2 unspecified atom stereocenters. The zero-order valence-corrected chi connectivity index (χ0v) is 16.8. The lowest BCUT2D eigenvalue weighted by atomic mass is 10.1. The van der Waals surface area contributed by atoms with Gasteiger partial charge in [0.05, 0.1) is 12.1 Å². The molecule has 1 heterocycles.